The van der Waals surface area contributed by atoms with E-state index in [1.165, 1.54) is 25.6 Å². The minimum atomic E-state index is 0.601. The van der Waals surface area contributed by atoms with Crippen LogP contribution in [0, 0.1) is 0 Å². The fourth-order valence-electron chi connectivity index (χ4n) is 7.58. The Morgan fingerprint density at radius 1 is 0.385 bits per heavy atom. The van der Waals surface area contributed by atoms with Crippen LogP contribution < -0.4 is 0 Å². The van der Waals surface area contributed by atoms with Crippen molar-refractivity contribution in [2.75, 3.05) is 0 Å². The third kappa shape index (κ3) is 4.64. The van der Waals surface area contributed by atoms with Crippen LogP contribution in [0.15, 0.2) is 168 Å². The maximum atomic E-state index is 6.60. The zero-order valence-electron chi connectivity index (χ0n) is 27.7. The summed E-state index contributed by atoms with van der Waals surface area (Å²) in [5, 5.41) is 9.05. The van der Waals surface area contributed by atoms with Crippen LogP contribution in [0.4, 0.5) is 0 Å². The molecule has 11 aromatic rings. The number of hydrogen-bond acceptors (Lipinski definition) is 5. The predicted octanol–water partition coefficient (Wildman–Crippen LogP) is 13.1. The van der Waals surface area contributed by atoms with Crippen molar-refractivity contribution in [3.8, 4) is 45.3 Å². The van der Waals surface area contributed by atoms with Crippen LogP contribution in [-0.4, -0.2) is 15.0 Å². The van der Waals surface area contributed by atoms with Gasteiger partial charge >= 0.3 is 0 Å². The second kappa shape index (κ2) is 11.4. The Balaban J connectivity index is 1.24. The Labute approximate surface area is 302 Å². The first-order valence-corrected chi connectivity index (χ1v) is 18.2. The van der Waals surface area contributed by atoms with Gasteiger partial charge in [-0.15, -0.1) is 11.3 Å². The first-order chi connectivity index (χ1) is 25.7. The molecule has 8 aromatic carbocycles. The number of furan rings is 1. The van der Waals surface area contributed by atoms with E-state index in [4.69, 9.17) is 19.4 Å². The fourth-order valence-corrected chi connectivity index (χ4v) is 8.67. The molecule has 0 bridgehead atoms. The van der Waals surface area contributed by atoms with E-state index in [1.807, 2.05) is 6.07 Å². The van der Waals surface area contributed by atoms with Crippen LogP contribution in [-0.2, 0) is 0 Å². The van der Waals surface area contributed by atoms with Crippen molar-refractivity contribution in [2.45, 2.75) is 0 Å². The maximum absolute atomic E-state index is 6.60. The van der Waals surface area contributed by atoms with Gasteiger partial charge in [-0.2, -0.15) is 0 Å². The van der Waals surface area contributed by atoms with Crippen LogP contribution in [0.5, 0.6) is 0 Å². The van der Waals surface area contributed by atoms with Crippen molar-refractivity contribution in [3.63, 3.8) is 0 Å². The van der Waals surface area contributed by atoms with Crippen molar-refractivity contribution >= 4 is 75.0 Å². The number of aromatic nitrogens is 3. The van der Waals surface area contributed by atoms with Gasteiger partial charge in [0.25, 0.3) is 0 Å². The Hall–Kier alpha value is -6.69. The molecule has 0 aliphatic heterocycles. The standard InChI is InChI=1S/C47H27N3OS/c1-2-11-29(12-3-1)35-21-22-39-43(38-25-31-14-6-7-15-32(31)27-40(38)51-39)44(35)47-49-45(33-19-18-28-10-4-5-13-30(28)24-33)48-46(50-47)34-20-23-42-37(26-34)36-16-8-9-17-41(36)52-42/h1-27H. The number of fused-ring (bicyclic) bond motifs is 8. The van der Waals surface area contributed by atoms with Gasteiger partial charge in [-0.3, -0.25) is 0 Å². The highest BCUT2D eigenvalue weighted by atomic mass is 32.1. The summed E-state index contributed by atoms with van der Waals surface area (Å²) < 4.78 is 9.11. The Bertz CT molecular complexity index is 3200. The molecule has 0 atom stereocenters. The molecule has 3 heterocycles. The molecule has 0 radical (unpaired) electrons. The number of thiophene rings is 1. The van der Waals surface area contributed by atoms with Gasteiger partial charge < -0.3 is 4.42 Å². The summed E-state index contributed by atoms with van der Waals surface area (Å²) >= 11 is 1.81. The molecule has 0 spiro atoms. The average Bonchev–Trinajstić information content (AvgIpc) is 3.77. The maximum Gasteiger partial charge on any atom is 0.165 e. The van der Waals surface area contributed by atoms with Crippen LogP contribution in [0.2, 0.25) is 0 Å². The summed E-state index contributed by atoms with van der Waals surface area (Å²) in [5.74, 6) is 1.85. The molecule has 0 aliphatic carbocycles. The molecular weight excluding hydrogens is 655 g/mol. The third-order valence-corrected chi connectivity index (χ3v) is 11.2. The lowest BCUT2D eigenvalue weighted by Gasteiger charge is -2.14. The molecule has 0 amide bonds. The highest BCUT2D eigenvalue weighted by Crippen LogP contribution is 2.44. The number of hydrogen-bond donors (Lipinski definition) is 0. The predicted molar refractivity (Wildman–Crippen MR) is 217 cm³/mol. The minimum Gasteiger partial charge on any atom is -0.456 e. The Morgan fingerprint density at radius 2 is 1.02 bits per heavy atom. The molecule has 52 heavy (non-hydrogen) atoms. The average molecular weight is 682 g/mol. The van der Waals surface area contributed by atoms with E-state index in [0.717, 1.165) is 65.9 Å². The summed E-state index contributed by atoms with van der Waals surface area (Å²) in [4.78, 5) is 15.9. The van der Waals surface area contributed by atoms with E-state index < -0.39 is 0 Å². The molecule has 5 heteroatoms. The van der Waals surface area contributed by atoms with Crippen LogP contribution in [0.25, 0.3) is 109 Å². The summed E-state index contributed by atoms with van der Waals surface area (Å²) in [6.07, 6.45) is 0. The highest BCUT2D eigenvalue weighted by molar-refractivity contribution is 7.25. The van der Waals surface area contributed by atoms with Gasteiger partial charge in [0, 0.05) is 47.6 Å². The molecular formula is C47H27N3OS. The van der Waals surface area contributed by atoms with Crippen molar-refractivity contribution in [2.24, 2.45) is 0 Å². The van der Waals surface area contributed by atoms with Crippen molar-refractivity contribution in [1.82, 2.24) is 15.0 Å². The lowest BCUT2D eigenvalue weighted by atomic mass is 9.94. The van der Waals surface area contributed by atoms with Crippen LogP contribution >= 0.6 is 11.3 Å². The second-order valence-electron chi connectivity index (χ2n) is 13.2. The van der Waals surface area contributed by atoms with Crippen LogP contribution in [0.1, 0.15) is 0 Å². The largest absolute Gasteiger partial charge is 0.456 e. The van der Waals surface area contributed by atoms with Gasteiger partial charge in [-0.05, 0) is 87.3 Å². The number of nitrogens with zero attached hydrogens (tertiary/aromatic N) is 3. The summed E-state index contributed by atoms with van der Waals surface area (Å²) in [7, 11) is 0. The monoisotopic (exact) mass is 681 g/mol. The summed E-state index contributed by atoms with van der Waals surface area (Å²) in [5.41, 5.74) is 6.53. The molecule has 242 valence electrons. The molecule has 0 saturated heterocycles. The van der Waals surface area contributed by atoms with Gasteiger partial charge in [0.05, 0.1) is 0 Å². The molecule has 0 aliphatic rings. The van der Waals surface area contributed by atoms with Gasteiger partial charge in [-0.25, -0.2) is 15.0 Å². The van der Waals surface area contributed by atoms with Gasteiger partial charge in [0.15, 0.2) is 17.5 Å². The molecule has 0 fully saturated rings. The SMILES string of the molecule is c1ccc(-c2ccc3oc4cc5ccccc5cc4c3c2-c2nc(-c3ccc4ccccc4c3)nc(-c3ccc4sc5ccccc5c4c3)n2)cc1. The minimum absolute atomic E-state index is 0.601. The van der Waals surface area contributed by atoms with E-state index in [0.29, 0.717) is 17.5 Å². The van der Waals surface area contributed by atoms with E-state index in [9.17, 15) is 0 Å². The zero-order valence-corrected chi connectivity index (χ0v) is 28.6. The Morgan fingerprint density at radius 3 is 1.85 bits per heavy atom. The zero-order chi connectivity index (χ0) is 34.2. The third-order valence-electron chi connectivity index (χ3n) is 10.1. The number of rotatable bonds is 4. The van der Waals surface area contributed by atoms with E-state index in [-0.39, 0.29) is 0 Å². The molecule has 0 N–H and O–H groups in total. The lowest BCUT2D eigenvalue weighted by molar-refractivity contribution is 0.669. The first kappa shape index (κ1) is 29.1. The van der Waals surface area contributed by atoms with Crippen LogP contribution in [0.3, 0.4) is 0 Å². The van der Waals surface area contributed by atoms with Crippen molar-refractivity contribution < 1.29 is 4.42 Å². The number of benzene rings is 8. The van der Waals surface area contributed by atoms with E-state index >= 15 is 0 Å². The molecule has 11 rings (SSSR count). The topological polar surface area (TPSA) is 51.8 Å². The summed E-state index contributed by atoms with van der Waals surface area (Å²) in [6.45, 7) is 0. The highest BCUT2D eigenvalue weighted by Gasteiger charge is 2.23. The van der Waals surface area contributed by atoms with Gasteiger partial charge in [0.1, 0.15) is 11.2 Å². The molecule has 3 aromatic heterocycles. The van der Waals surface area contributed by atoms with Gasteiger partial charge in [-0.1, -0.05) is 109 Å². The van der Waals surface area contributed by atoms with Crippen molar-refractivity contribution in [3.05, 3.63) is 164 Å². The lowest BCUT2D eigenvalue weighted by Crippen LogP contribution is -2.01. The fraction of sp³-hybridized carbons (Fsp3) is 0. The molecule has 0 unspecified atom stereocenters. The summed E-state index contributed by atoms with van der Waals surface area (Å²) in [6, 6.07) is 57.4. The smallest absolute Gasteiger partial charge is 0.165 e. The van der Waals surface area contributed by atoms with E-state index in [2.05, 4.69) is 158 Å². The Kier molecular flexibility index (Phi) is 6.39. The normalized spacial score (nSPS) is 11.8. The molecule has 0 saturated carbocycles. The second-order valence-corrected chi connectivity index (χ2v) is 14.3. The quantitative estimate of drug-likeness (QED) is 0.185. The first-order valence-electron chi connectivity index (χ1n) is 17.3. The van der Waals surface area contributed by atoms with Crippen molar-refractivity contribution in [1.29, 1.82) is 0 Å². The van der Waals surface area contributed by atoms with Gasteiger partial charge in [0.2, 0.25) is 0 Å². The van der Waals surface area contributed by atoms with E-state index in [1.54, 1.807) is 11.3 Å². The molecule has 4 nitrogen and oxygen atoms in total.